The van der Waals surface area contributed by atoms with Gasteiger partial charge in [0.15, 0.2) is 6.61 Å². The summed E-state index contributed by atoms with van der Waals surface area (Å²) >= 11 is 0. The van der Waals surface area contributed by atoms with Gasteiger partial charge in [-0.3, -0.25) is 4.79 Å². The Labute approximate surface area is 175 Å². The third kappa shape index (κ3) is 5.23. The van der Waals surface area contributed by atoms with Crippen molar-refractivity contribution < 1.29 is 19.1 Å². The Kier molecular flexibility index (Phi) is 6.80. The maximum absolute atomic E-state index is 12.3. The molecule has 0 unspecified atom stereocenters. The molecule has 6 nitrogen and oxygen atoms in total. The molecule has 0 aliphatic heterocycles. The number of esters is 1. The van der Waals surface area contributed by atoms with Crippen LogP contribution in [0.3, 0.4) is 0 Å². The van der Waals surface area contributed by atoms with E-state index in [0.29, 0.717) is 11.3 Å². The van der Waals surface area contributed by atoms with Crippen LogP contribution in [0.2, 0.25) is 0 Å². The van der Waals surface area contributed by atoms with Gasteiger partial charge in [0.05, 0.1) is 19.7 Å². The molecule has 3 aromatic carbocycles. The van der Waals surface area contributed by atoms with Gasteiger partial charge in [0.25, 0.3) is 0 Å². The van der Waals surface area contributed by atoms with Crippen molar-refractivity contribution in [3.63, 3.8) is 0 Å². The number of hydrogen-bond donors (Lipinski definition) is 1. The molecule has 0 bridgehead atoms. The SMILES string of the molecule is COC(=O)COc1ccc2ccccc2c1/C=N\NC(=O)Cc1ccc(C)cc1C. The van der Waals surface area contributed by atoms with E-state index in [1.807, 2.05) is 62.4 Å². The number of methoxy groups -OCH3 is 1. The molecule has 154 valence electrons. The van der Waals surface area contributed by atoms with E-state index in [2.05, 4.69) is 15.3 Å². The Bertz CT molecular complexity index is 1110. The maximum atomic E-state index is 12.3. The lowest BCUT2D eigenvalue weighted by Crippen LogP contribution is -2.20. The van der Waals surface area contributed by atoms with Crippen LogP contribution in [0, 0.1) is 13.8 Å². The molecule has 0 heterocycles. The molecule has 0 atom stereocenters. The molecule has 0 aliphatic rings. The number of nitrogens with zero attached hydrogens (tertiary/aromatic N) is 1. The number of hydrogen-bond acceptors (Lipinski definition) is 5. The van der Waals surface area contributed by atoms with Gasteiger partial charge in [0.1, 0.15) is 5.75 Å². The van der Waals surface area contributed by atoms with Crippen LogP contribution >= 0.6 is 0 Å². The summed E-state index contributed by atoms with van der Waals surface area (Å²) in [5, 5.41) is 6.01. The predicted molar refractivity (Wildman–Crippen MR) is 117 cm³/mol. The quantitative estimate of drug-likeness (QED) is 0.370. The van der Waals surface area contributed by atoms with Gasteiger partial charge >= 0.3 is 5.97 Å². The van der Waals surface area contributed by atoms with Crippen molar-refractivity contribution in [3.8, 4) is 5.75 Å². The number of benzene rings is 3. The minimum Gasteiger partial charge on any atom is -0.481 e. The molecular weight excluding hydrogens is 380 g/mol. The molecule has 6 heteroatoms. The molecule has 0 radical (unpaired) electrons. The number of hydrazone groups is 1. The third-order valence-electron chi connectivity index (χ3n) is 4.74. The smallest absolute Gasteiger partial charge is 0.343 e. The van der Waals surface area contributed by atoms with E-state index in [0.717, 1.165) is 27.5 Å². The zero-order valence-electron chi connectivity index (χ0n) is 17.3. The molecule has 0 aromatic heterocycles. The number of ether oxygens (including phenoxy) is 2. The van der Waals surface area contributed by atoms with Crippen molar-refractivity contribution in [2.75, 3.05) is 13.7 Å². The van der Waals surface area contributed by atoms with Crippen LogP contribution in [-0.4, -0.2) is 31.8 Å². The number of amides is 1. The van der Waals surface area contributed by atoms with Crippen LogP contribution < -0.4 is 10.2 Å². The highest BCUT2D eigenvalue weighted by Crippen LogP contribution is 2.26. The van der Waals surface area contributed by atoms with E-state index in [1.54, 1.807) is 6.07 Å². The third-order valence-corrected chi connectivity index (χ3v) is 4.74. The Morgan fingerprint density at radius 3 is 2.63 bits per heavy atom. The molecule has 3 rings (SSSR count). The fourth-order valence-corrected chi connectivity index (χ4v) is 3.16. The predicted octanol–water partition coefficient (Wildman–Crippen LogP) is 3.70. The number of carbonyl (C=O) groups is 2. The first-order valence-corrected chi connectivity index (χ1v) is 9.57. The van der Waals surface area contributed by atoms with Crippen molar-refractivity contribution in [3.05, 3.63) is 76.9 Å². The normalized spacial score (nSPS) is 10.9. The Morgan fingerprint density at radius 1 is 1.07 bits per heavy atom. The van der Waals surface area contributed by atoms with E-state index in [9.17, 15) is 9.59 Å². The molecule has 1 amide bonds. The molecule has 0 spiro atoms. The molecule has 3 aromatic rings. The summed E-state index contributed by atoms with van der Waals surface area (Å²) in [5.41, 5.74) is 6.43. The van der Waals surface area contributed by atoms with Crippen LogP contribution in [0.15, 0.2) is 59.7 Å². The van der Waals surface area contributed by atoms with E-state index >= 15 is 0 Å². The van der Waals surface area contributed by atoms with Gasteiger partial charge in [-0.25, -0.2) is 10.2 Å². The van der Waals surface area contributed by atoms with Crippen LogP contribution in [0.1, 0.15) is 22.3 Å². The highest BCUT2D eigenvalue weighted by Gasteiger charge is 2.10. The van der Waals surface area contributed by atoms with Crippen LogP contribution in [0.4, 0.5) is 0 Å². The standard InChI is InChI=1S/C24H24N2O4/c1-16-8-9-19(17(2)12-16)13-23(27)26-25-14-21-20-7-5-4-6-18(20)10-11-22(21)30-15-24(28)29-3/h4-12,14H,13,15H2,1-3H3,(H,26,27)/b25-14-. The summed E-state index contributed by atoms with van der Waals surface area (Å²) in [6.45, 7) is 3.79. The first kappa shape index (κ1) is 21.0. The highest BCUT2D eigenvalue weighted by atomic mass is 16.6. The van der Waals surface area contributed by atoms with Crippen molar-refractivity contribution >= 4 is 28.9 Å². The van der Waals surface area contributed by atoms with Crippen LogP contribution in [0.25, 0.3) is 10.8 Å². The second-order valence-corrected chi connectivity index (χ2v) is 6.96. The van der Waals surface area contributed by atoms with Crippen molar-refractivity contribution in [2.45, 2.75) is 20.3 Å². The highest BCUT2D eigenvalue weighted by molar-refractivity contribution is 6.02. The number of nitrogens with one attached hydrogen (secondary N) is 1. The summed E-state index contributed by atoms with van der Waals surface area (Å²) in [6, 6.07) is 17.4. The lowest BCUT2D eigenvalue weighted by molar-refractivity contribution is -0.142. The first-order chi connectivity index (χ1) is 14.5. The topological polar surface area (TPSA) is 77.0 Å². The Morgan fingerprint density at radius 2 is 1.87 bits per heavy atom. The largest absolute Gasteiger partial charge is 0.481 e. The minimum atomic E-state index is -0.479. The lowest BCUT2D eigenvalue weighted by atomic mass is 10.0. The van der Waals surface area contributed by atoms with Gasteiger partial charge in [-0.2, -0.15) is 5.10 Å². The summed E-state index contributed by atoms with van der Waals surface area (Å²) < 4.78 is 10.2. The maximum Gasteiger partial charge on any atom is 0.343 e. The van der Waals surface area contributed by atoms with Gasteiger partial charge in [0, 0.05) is 5.56 Å². The van der Waals surface area contributed by atoms with Gasteiger partial charge in [0.2, 0.25) is 5.91 Å². The monoisotopic (exact) mass is 404 g/mol. The van der Waals surface area contributed by atoms with E-state index in [4.69, 9.17) is 4.74 Å². The summed E-state index contributed by atoms with van der Waals surface area (Å²) in [5.74, 6) is -0.213. The Hall–Kier alpha value is -3.67. The summed E-state index contributed by atoms with van der Waals surface area (Å²) in [4.78, 5) is 23.8. The average molecular weight is 404 g/mol. The number of carbonyl (C=O) groups excluding carboxylic acids is 2. The number of aryl methyl sites for hydroxylation is 2. The van der Waals surface area contributed by atoms with E-state index < -0.39 is 5.97 Å². The van der Waals surface area contributed by atoms with E-state index in [1.165, 1.54) is 13.3 Å². The first-order valence-electron chi connectivity index (χ1n) is 9.57. The van der Waals surface area contributed by atoms with Gasteiger partial charge < -0.3 is 9.47 Å². The molecule has 0 saturated carbocycles. The fourth-order valence-electron chi connectivity index (χ4n) is 3.16. The molecule has 30 heavy (non-hydrogen) atoms. The zero-order chi connectivity index (χ0) is 21.5. The number of fused-ring (bicyclic) bond motifs is 1. The summed E-state index contributed by atoms with van der Waals surface area (Å²) in [6.07, 6.45) is 1.78. The zero-order valence-corrected chi connectivity index (χ0v) is 17.3. The van der Waals surface area contributed by atoms with Gasteiger partial charge in [-0.1, -0.05) is 54.1 Å². The van der Waals surface area contributed by atoms with Crippen LogP contribution in [-0.2, 0) is 20.7 Å². The van der Waals surface area contributed by atoms with Crippen molar-refractivity contribution in [1.29, 1.82) is 0 Å². The molecule has 0 fully saturated rings. The second kappa shape index (κ2) is 9.69. The molecule has 0 aliphatic carbocycles. The average Bonchev–Trinajstić information content (AvgIpc) is 2.74. The van der Waals surface area contributed by atoms with Crippen molar-refractivity contribution in [2.24, 2.45) is 5.10 Å². The molecular formula is C24H24N2O4. The van der Waals surface area contributed by atoms with E-state index in [-0.39, 0.29) is 18.9 Å². The fraction of sp³-hybridized carbons (Fsp3) is 0.208. The molecule has 0 saturated heterocycles. The number of rotatable bonds is 7. The lowest BCUT2D eigenvalue weighted by Gasteiger charge is -2.11. The molecule has 1 N–H and O–H groups in total. The van der Waals surface area contributed by atoms with Crippen LogP contribution in [0.5, 0.6) is 5.75 Å². The van der Waals surface area contributed by atoms with Crippen molar-refractivity contribution in [1.82, 2.24) is 5.43 Å². The van der Waals surface area contributed by atoms with Gasteiger partial charge in [-0.05, 0) is 41.8 Å². The minimum absolute atomic E-state index is 0.213. The second-order valence-electron chi connectivity index (χ2n) is 6.96. The van der Waals surface area contributed by atoms with Gasteiger partial charge in [-0.15, -0.1) is 0 Å². The Balaban J connectivity index is 1.78. The summed E-state index contributed by atoms with van der Waals surface area (Å²) in [7, 11) is 1.31.